The van der Waals surface area contributed by atoms with Crippen molar-refractivity contribution in [3.05, 3.63) is 86.4 Å². The van der Waals surface area contributed by atoms with Crippen molar-refractivity contribution in [2.45, 2.75) is 6.92 Å². The minimum atomic E-state index is -0.610. The molecule has 1 N–H and O–H groups in total. The van der Waals surface area contributed by atoms with Crippen LogP contribution in [0, 0.1) is 6.92 Å². The second kappa shape index (κ2) is 8.65. The molecule has 0 amide bonds. The van der Waals surface area contributed by atoms with Crippen LogP contribution in [0.25, 0.3) is 0 Å². The van der Waals surface area contributed by atoms with Crippen molar-refractivity contribution < 1.29 is 14.6 Å². The fourth-order valence-electron chi connectivity index (χ4n) is 2.34. The maximum atomic E-state index is 12.3. The van der Waals surface area contributed by atoms with Gasteiger partial charge < -0.3 is 9.84 Å². The van der Waals surface area contributed by atoms with Crippen LogP contribution < -0.4 is 4.74 Å². The molecule has 3 aromatic carbocycles. The average Bonchev–Trinajstić information content (AvgIpc) is 2.64. The molecule has 0 aromatic heterocycles. The third-order valence-electron chi connectivity index (χ3n) is 3.81. The van der Waals surface area contributed by atoms with Crippen molar-refractivity contribution in [2.75, 3.05) is 0 Å². The maximum Gasteiger partial charge on any atom is 0.343 e. The number of aryl methyl sites for hydroxylation is 1. The molecule has 0 saturated carbocycles. The Morgan fingerprint density at radius 3 is 2.39 bits per heavy atom. The lowest BCUT2D eigenvalue weighted by molar-refractivity contribution is 0.0729. The molecule has 3 rings (SSSR count). The van der Waals surface area contributed by atoms with E-state index in [0.29, 0.717) is 21.3 Å². The zero-order valence-corrected chi connectivity index (χ0v) is 16.9. The monoisotopic (exact) mass is 433 g/mol. The summed E-state index contributed by atoms with van der Waals surface area (Å²) in [4.78, 5) is 16.5. The summed E-state index contributed by atoms with van der Waals surface area (Å²) >= 11 is 18.1. The number of rotatable bonds is 4. The standard InChI is InChI=1S/C21H14Cl3NO3/c1-12-2-4-13(5-3-12)21(27)28-19-10-16(23)8-14(20(19)26)11-25-18-7-6-15(22)9-17(18)24/h2-11,26H,1H3. The first-order valence-corrected chi connectivity index (χ1v) is 9.27. The Hall–Kier alpha value is -2.53. The van der Waals surface area contributed by atoms with Crippen molar-refractivity contribution >= 4 is 52.7 Å². The highest BCUT2D eigenvalue weighted by atomic mass is 35.5. The molecular formula is C21H14Cl3NO3. The Morgan fingerprint density at radius 2 is 1.71 bits per heavy atom. The van der Waals surface area contributed by atoms with Crippen LogP contribution in [0.15, 0.2) is 59.6 Å². The SMILES string of the molecule is Cc1ccc(C(=O)Oc2cc(Cl)cc(C=Nc3ccc(Cl)cc3Cl)c2O)cc1. The molecule has 0 saturated heterocycles. The molecule has 0 unspecified atom stereocenters. The number of hydrogen-bond acceptors (Lipinski definition) is 4. The lowest BCUT2D eigenvalue weighted by Gasteiger charge is -2.09. The van der Waals surface area contributed by atoms with Gasteiger partial charge in [-0.2, -0.15) is 0 Å². The summed E-state index contributed by atoms with van der Waals surface area (Å²) in [6.07, 6.45) is 1.37. The summed E-state index contributed by atoms with van der Waals surface area (Å²) in [5.41, 5.74) is 2.10. The first kappa shape index (κ1) is 20.2. The molecule has 0 spiro atoms. The molecule has 3 aromatic rings. The second-order valence-corrected chi connectivity index (χ2v) is 7.23. The highest BCUT2D eigenvalue weighted by Gasteiger charge is 2.15. The van der Waals surface area contributed by atoms with Gasteiger partial charge in [-0.1, -0.05) is 52.5 Å². The third kappa shape index (κ3) is 4.84. The maximum absolute atomic E-state index is 12.3. The third-order valence-corrected chi connectivity index (χ3v) is 4.57. The number of carbonyl (C=O) groups excluding carboxylic acids is 1. The zero-order valence-electron chi connectivity index (χ0n) is 14.6. The van der Waals surface area contributed by atoms with E-state index in [4.69, 9.17) is 39.5 Å². The van der Waals surface area contributed by atoms with Crippen molar-refractivity contribution in [1.82, 2.24) is 0 Å². The molecule has 0 atom stereocenters. The largest absolute Gasteiger partial charge is 0.504 e. The van der Waals surface area contributed by atoms with Crippen LogP contribution in [-0.4, -0.2) is 17.3 Å². The van der Waals surface area contributed by atoms with Crippen LogP contribution in [0.2, 0.25) is 15.1 Å². The van der Waals surface area contributed by atoms with E-state index in [1.165, 1.54) is 18.3 Å². The van der Waals surface area contributed by atoms with E-state index in [0.717, 1.165) is 5.56 Å². The average molecular weight is 435 g/mol. The summed E-state index contributed by atoms with van der Waals surface area (Å²) < 4.78 is 5.31. The predicted octanol–water partition coefficient (Wildman–Crippen LogP) is 6.63. The Morgan fingerprint density at radius 1 is 1.00 bits per heavy atom. The minimum absolute atomic E-state index is 0.0678. The van der Waals surface area contributed by atoms with Crippen LogP contribution >= 0.6 is 34.8 Å². The predicted molar refractivity (Wildman–Crippen MR) is 113 cm³/mol. The van der Waals surface area contributed by atoms with Crippen molar-refractivity contribution in [1.29, 1.82) is 0 Å². The molecule has 0 heterocycles. The number of nitrogens with zero attached hydrogens (tertiary/aromatic N) is 1. The van der Waals surface area contributed by atoms with E-state index >= 15 is 0 Å². The van der Waals surface area contributed by atoms with Gasteiger partial charge in [0.1, 0.15) is 0 Å². The topological polar surface area (TPSA) is 58.9 Å². The summed E-state index contributed by atoms with van der Waals surface area (Å²) in [5.74, 6) is -0.943. The first-order valence-electron chi connectivity index (χ1n) is 8.14. The van der Waals surface area contributed by atoms with Crippen molar-refractivity contribution in [3.8, 4) is 11.5 Å². The van der Waals surface area contributed by atoms with Crippen LogP contribution in [0.1, 0.15) is 21.5 Å². The number of esters is 1. The second-order valence-electron chi connectivity index (χ2n) is 5.95. The number of benzene rings is 3. The summed E-state index contributed by atoms with van der Waals surface area (Å²) in [7, 11) is 0. The number of aliphatic imine (C=N–C) groups is 1. The Balaban J connectivity index is 1.88. The van der Waals surface area contributed by atoms with Gasteiger partial charge in [-0.3, -0.25) is 4.99 Å². The van der Waals surface area contributed by atoms with Crippen LogP contribution in [-0.2, 0) is 0 Å². The van der Waals surface area contributed by atoms with E-state index in [1.807, 2.05) is 6.92 Å². The van der Waals surface area contributed by atoms with E-state index in [2.05, 4.69) is 4.99 Å². The van der Waals surface area contributed by atoms with Crippen LogP contribution in [0.4, 0.5) is 5.69 Å². The van der Waals surface area contributed by atoms with Crippen molar-refractivity contribution in [2.24, 2.45) is 4.99 Å². The number of carbonyl (C=O) groups is 1. The Labute approximate surface area is 177 Å². The Bertz CT molecular complexity index is 1060. The van der Waals surface area contributed by atoms with Gasteiger partial charge in [0.25, 0.3) is 0 Å². The van der Waals surface area contributed by atoms with Gasteiger partial charge in [-0.15, -0.1) is 0 Å². The van der Waals surface area contributed by atoms with Gasteiger partial charge >= 0.3 is 5.97 Å². The normalized spacial score (nSPS) is 11.0. The fourth-order valence-corrected chi connectivity index (χ4v) is 3.02. The lowest BCUT2D eigenvalue weighted by atomic mass is 10.1. The molecule has 0 bridgehead atoms. The zero-order chi connectivity index (χ0) is 20.3. The van der Waals surface area contributed by atoms with Gasteiger partial charge in [0, 0.05) is 27.9 Å². The van der Waals surface area contributed by atoms with E-state index in [9.17, 15) is 9.90 Å². The number of phenolic OH excluding ortho intramolecular Hbond substituents is 1. The van der Waals surface area contributed by atoms with E-state index in [1.54, 1.807) is 42.5 Å². The van der Waals surface area contributed by atoms with Gasteiger partial charge in [0.05, 0.1) is 16.3 Å². The van der Waals surface area contributed by atoms with E-state index in [-0.39, 0.29) is 22.1 Å². The quantitative estimate of drug-likeness (QED) is 0.285. The molecule has 28 heavy (non-hydrogen) atoms. The number of phenols is 1. The molecule has 0 aliphatic rings. The molecule has 0 radical (unpaired) electrons. The molecule has 7 heteroatoms. The van der Waals surface area contributed by atoms with Crippen molar-refractivity contribution in [3.63, 3.8) is 0 Å². The van der Waals surface area contributed by atoms with Gasteiger partial charge in [0.15, 0.2) is 11.5 Å². The number of halogens is 3. The fraction of sp³-hybridized carbons (Fsp3) is 0.0476. The summed E-state index contributed by atoms with van der Waals surface area (Å²) in [5, 5.41) is 11.6. The van der Waals surface area contributed by atoms with Gasteiger partial charge in [-0.05, 0) is 43.3 Å². The lowest BCUT2D eigenvalue weighted by Crippen LogP contribution is -2.09. The minimum Gasteiger partial charge on any atom is -0.504 e. The smallest absolute Gasteiger partial charge is 0.343 e. The van der Waals surface area contributed by atoms with Crippen LogP contribution in [0.3, 0.4) is 0 Å². The summed E-state index contributed by atoms with van der Waals surface area (Å²) in [6.45, 7) is 1.91. The Kier molecular flexibility index (Phi) is 6.25. The summed E-state index contributed by atoms with van der Waals surface area (Å²) in [6, 6.07) is 14.6. The number of ether oxygens (including phenoxy) is 1. The molecule has 4 nitrogen and oxygen atoms in total. The van der Waals surface area contributed by atoms with Crippen LogP contribution in [0.5, 0.6) is 11.5 Å². The molecule has 142 valence electrons. The van der Waals surface area contributed by atoms with E-state index < -0.39 is 5.97 Å². The highest BCUT2D eigenvalue weighted by Crippen LogP contribution is 2.34. The highest BCUT2D eigenvalue weighted by molar-refractivity contribution is 6.36. The molecule has 0 fully saturated rings. The molecular weight excluding hydrogens is 421 g/mol. The van der Waals surface area contributed by atoms with Gasteiger partial charge in [-0.25, -0.2) is 4.79 Å². The van der Waals surface area contributed by atoms with Gasteiger partial charge in [0.2, 0.25) is 0 Å². The first-order chi connectivity index (χ1) is 13.3. The number of hydrogen-bond donors (Lipinski definition) is 1. The molecule has 0 aliphatic carbocycles. The number of aromatic hydroxyl groups is 1. The molecule has 0 aliphatic heterocycles.